The molecule has 1 N–H and O–H groups in total. The van der Waals surface area contributed by atoms with E-state index in [0.717, 1.165) is 12.0 Å². The predicted octanol–water partition coefficient (Wildman–Crippen LogP) is 3.32. The minimum Gasteiger partial charge on any atom is -0.474 e. The van der Waals surface area contributed by atoms with E-state index < -0.39 is 12.2 Å². The average molecular weight is 418 g/mol. The summed E-state index contributed by atoms with van der Waals surface area (Å²) in [5.74, 6) is -0.195. The summed E-state index contributed by atoms with van der Waals surface area (Å²) < 4.78 is 25.0. The molecule has 1 aromatic carbocycles. The van der Waals surface area contributed by atoms with Gasteiger partial charge in [-0.25, -0.2) is 14.0 Å². The van der Waals surface area contributed by atoms with Crippen LogP contribution < -0.4 is 15.1 Å². The summed E-state index contributed by atoms with van der Waals surface area (Å²) in [7, 11) is 1.46. The molecular formula is C20H23FN4O3S. The quantitative estimate of drug-likeness (QED) is 0.598. The van der Waals surface area contributed by atoms with Gasteiger partial charge < -0.3 is 19.7 Å². The maximum absolute atomic E-state index is 14.9. The van der Waals surface area contributed by atoms with Crippen molar-refractivity contribution in [1.82, 2.24) is 5.32 Å². The number of halogens is 1. The lowest BCUT2D eigenvalue weighted by Crippen LogP contribution is -2.36. The lowest BCUT2D eigenvalue weighted by atomic mass is 9.93. The first-order valence-electron chi connectivity index (χ1n) is 9.33. The topological polar surface area (TPSA) is 58.4 Å². The van der Waals surface area contributed by atoms with Gasteiger partial charge in [0, 0.05) is 13.1 Å². The van der Waals surface area contributed by atoms with Gasteiger partial charge in [0.1, 0.15) is 11.9 Å². The van der Waals surface area contributed by atoms with Crippen molar-refractivity contribution < 1.29 is 18.7 Å². The van der Waals surface area contributed by atoms with Crippen LogP contribution in [0.2, 0.25) is 0 Å². The van der Waals surface area contributed by atoms with E-state index in [4.69, 9.17) is 28.3 Å². The van der Waals surface area contributed by atoms with Gasteiger partial charge in [-0.1, -0.05) is 12.5 Å². The zero-order valence-electron chi connectivity index (χ0n) is 16.4. The Morgan fingerprint density at radius 2 is 2.31 bits per heavy atom. The third-order valence-electron chi connectivity index (χ3n) is 5.15. The molecule has 2 aliphatic heterocycles. The molecule has 0 radical (unpaired) electrons. The number of hydrogen-bond acceptors (Lipinski definition) is 5. The molecule has 0 aliphatic carbocycles. The lowest BCUT2D eigenvalue weighted by molar-refractivity contribution is 0.142. The normalized spacial score (nSPS) is 23.0. The molecule has 1 amide bonds. The number of thiocarbonyl (C=S) groups is 1. The molecule has 9 heteroatoms. The number of rotatable bonds is 4. The first-order chi connectivity index (χ1) is 13.9. The van der Waals surface area contributed by atoms with Gasteiger partial charge in [0.15, 0.2) is 6.20 Å². The molecule has 154 valence electrons. The van der Waals surface area contributed by atoms with Crippen molar-refractivity contribution in [3.8, 4) is 0 Å². The molecule has 2 saturated heterocycles. The first kappa shape index (κ1) is 20.9. The monoisotopic (exact) mass is 418 g/mol. The highest BCUT2D eigenvalue weighted by Gasteiger charge is 2.33. The van der Waals surface area contributed by atoms with Crippen LogP contribution in [-0.2, 0) is 9.47 Å². The average Bonchev–Trinajstić information content (AvgIpc) is 3.08. The van der Waals surface area contributed by atoms with Gasteiger partial charge in [0.25, 0.3) is 5.17 Å². The van der Waals surface area contributed by atoms with Crippen molar-refractivity contribution >= 4 is 34.9 Å². The fraction of sp³-hybridized carbons (Fsp3) is 0.450. The second-order valence-corrected chi connectivity index (χ2v) is 7.43. The molecule has 2 atom stereocenters. The Balaban J connectivity index is 1.67. The van der Waals surface area contributed by atoms with E-state index in [1.165, 1.54) is 18.1 Å². The molecule has 29 heavy (non-hydrogen) atoms. The summed E-state index contributed by atoms with van der Waals surface area (Å²) in [4.78, 5) is 18.9. The van der Waals surface area contributed by atoms with Crippen LogP contribution in [0.3, 0.4) is 0 Å². The number of carbonyl (C=O) groups excluding carboxylic acids is 1. The van der Waals surface area contributed by atoms with Gasteiger partial charge in [0.05, 0.1) is 38.1 Å². The second-order valence-electron chi connectivity index (χ2n) is 7.05. The van der Waals surface area contributed by atoms with Gasteiger partial charge >= 0.3 is 6.09 Å². The van der Waals surface area contributed by atoms with E-state index in [1.54, 1.807) is 18.3 Å². The number of nitrogens with zero attached hydrogens (tertiary/aromatic N) is 3. The third-order valence-corrected chi connectivity index (χ3v) is 5.46. The number of anilines is 2. The Labute approximate surface area is 174 Å². The van der Waals surface area contributed by atoms with Crippen LogP contribution in [0.15, 0.2) is 30.0 Å². The number of nitrogens with one attached hydrogen (secondary N) is 1. The molecule has 2 heterocycles. The Kier molecular flexibility index (Phi) is 6.54. The SMILES string of the molecule is [C-]#[N+]C=C1CCN(c2ccc(N3C[C@H](CNC(=S)OC)OC3=O)cc2F)CC1C. The molecule has 0 bridgehead atoms. The molecule has 1 unspecified atom stereocenters. The largest absolute Gasteiger partial charge is 0.474 e. The van der Waals surface area contributed by atoms with E-state index in [0.29, 0.717) is 37.6 Å². The summed E-state index contributed by atoms with van der Waals surface area (Å²) >= 11 is 4.91. The van der Waals surface area contributed by atoms with Crippen molar-refractivity contribution in [2.75, 3.05) is 43.1 Å². The molecule has 0 spiro atoms. The number of methoxy groups -OCH3 is 1. The van der Waals surface area contributed by atoms with E-state index in [-0.39, 0.29) is 16.9 Å². The number of ether oxygens (including phenoxy) is 2. The van der Waals surface area contributed by atoms with Crippen LogP contribution in [0.25, 0.3) is 4.85 Å². The fourth-order valence-electron chi connectivity index (χ4n) is 3.57. The Hall–Kier alpha value is -2.86. The first-order valence-corrected chi connectivity index (χ1v) is 9.73. The van der Waals surface area contributed by atoms with E-state index in [9.17, 15) is 9.18 Å². The van der Waals surface area contributed by atoms with Gasteiger partial charge in [-0.15, -0.1) is 0 Å². The number of cyclic esters (lactones) is 1. The van der Waals surface area contributed by atoms with Gasteiger partial charge in [-0.3, -0.25) is 4.90 Å². The van der Waals surface area contributed by atoms with Gasteiger partial charge in [-0.2, -0.15) is 0 Å². The highest BCUT2D eigenvalue weighted by molar-refractivity contribution is 7.80. The van der Waals surface area contributed by atoms with Crippen LogP contribution in [0, 0.1) is 18.3 Å². The summed E-state index contributed by atoms with van der Waals surface area (Å²) in [5.41, 5.74) is 2.05. The number of hydrogen-bond donors (Lipinski definition) is 1. The van der Waals surface area contributed by atoms with Gasteiger partial charge in [-0.05, 0) is 42.8 Å². The van der Waals surface area contributed by atoms with E-state index >= 15 is 0 Å². The molecule has 7 nitrogen and oxygen atoms in total. The smallest absolute Gasteiger partial charge is 0.414 e. The van der Waals surface area contributed by atoms with Crippen LogP contribution >= 0.6 is 12.2 Å². The highest BCUT2D eigenvalue weighted by Crippen LogP contribution is 2.32. The zero-order chi connectivity index (χ0) is 21.0. The number of amides is 1. The number of piperidine rings is 1. The number of carbonyl (C=O) groups is 1. The minimum atomic E-state index is -0.521. The molecular weight excluding hydrogens is 395 g/mol. The highest BCUT2D eigenvalue weighted by atomic mass is 32.1. The van der Waals surface area contributed by atoms with Crippen molar-refractivity contribution in [3.05, 3.63) is 47.2 Å². The summed E-state index contributed by atoms with van der Waals surface area (Å²) in [6, 6.07) is 4.78. The predicted molar refractivity (Wildman–Crippen MR) is 112 cm³/mol. The molecule has 3 rings (SSSR count). The van der Waals surface area contributed by atoms with Crippen molar-refractivity contribution in [1.29, 1.82) is 0 Å². The Morgan fingerprint density at radius 1 is 1.52 bits per heavy atom. The Morgan fingerprint density at radius 3 is 2.97 bits per heavy atom. The van der Waals surface area contributed by atoms with E-state index in [1.807, 2.05) is 11.8 Å². The lowest BCUT2D eigenvalue weighted by Gasteiger charge is -2.35. The summed E-state index contributed by atoms with van der Waals surface area (Å²) in [6.45, 7) is 10.9. The van der Waals surface area contributed by atoms with Crippen LogP contribution in [-0.4, -0.2) is 50.7 Å². The second kappa shape index (κ2) is 9.09. The zero-order valence-corrected chi connectivity index (χ0v) is 17.2. The molecule has 0 saturated carbocycles. The standard InChI is InChI=1S/C20H23FN4O3S/c1-13-11-24(7-6-14(13)9-22-2)18-5-4-15(8-17(18)21)25-12-16(28-20(25)26)10-23-19(29)27-3/h4-5,8-9,13,16H,6-7,10-12H2,1,3H3,(H,23,29)/t13?,16-/m0/s1. The maximum Gasteiger partial charge on any atom is 0.414 e. The Bertz CT molecular complexity index is 870. The van der Waals surface area contributed by atoms with Crippen LogP contribution in [0.5, 0.6) is 0 Å². The summed E-state index contributed by atoms with van der Waals surface area (Å²) in [6.07, 6.45) is 1.38. The molecule has 1 aromatic rings. The molecule has 2 fully saturated rings. The van der Waals surface area contributed by atoms with E-state index in [2.05, 4.69) is 10.2 Å². The maximum atomic E-state index is 14.9. The van der Waals surface area contributed by atoms with Crippen LogP contribution in [0.1, 0.15) is 13.3 Å². The summed E-state index contributed by atoms with van der Waals surface area (Å²) in [5, 5.41) is 3.07. The van der Waals surface area contributed by atoms with Crippen molar-refractivity contribution in [3.63, 3.8) is 0 Å². The third kappa shape index (κ3) is 4.77. The molecule has 0 aromatic heterocycles. The molecule has 2 aliphatic rings. The van der Waals surface area contributed by atoms with Crippen LogP contribution in [0.4, 0.5) is 20.6 Å². The van der Waals surface area contributed by atoms with Gasteiger partial charge in [0.2, 0.25) is 0 Å². The number of benzene rings is 1. The minimum absolute atomic E-state index is 0.192. The fourth-order valence-corrected chi connectivity index (χ4v) is 3.65. The van der Waals surface area contributed by atoms with Crippen molar-refractivity contribution in [2.45, 2.75) is 19.4 Å². The van der Waals surface area contributed by atoms with Crippen molar-refractivity contribution in [2.24, 2.45) is 5.92 Å².